The van der Waals surface area contributed by atoms with Gasteiger partial charge in [0, 0.05) is 5.56 Å². The molecule has 0 unspecified atom stereocenters. The van der Waals surface area contributed by atoms with Crippen molar-refractivity contribution in [3.05, 3.63) is 53.1 Å². The summed E-state index contributed by atoms with van der Waals surface area (Å²) in [7, 11) is 4.30. The van der Waals surface area contributed by atoms with E-state index in [2.05, 4.69) is 10.5 Å². The quantitative estimate of drug-likeness (QED) is 0.300. The molecular weight excluding hydrogens is 392 g/mol. The van der Waals surface area contributed by atoms with Crippen LogP contribution in [0.3, 0.4) is 0 Å². The third-order valence-electron chi connectivity index (χ3n) is 4.43. The number of methoxy groups -OCH3 is 3. The standard InChI is InChI=1S/C20H20N4O6/c1-28-14-8-11(9-15(29-2)17(14)30-3)18(25)23-22-16(21)10-24-19(26)12-6-4-5-7-13(12)20(24)27/h4-9H,10H2,1-3H3,(H2,21,22)(H,23,25). The van der Waals surface area contributed by atoms with Gasteiger partial charge in [0.25, 0.3) is 17.7 Å². The summed E-state index contributed by atoms with van der Waals surface area (Å²) < 4.78 is 15.6. The maximum Gasteiger partial charge on any atom is 0.271 e. The Morgan fingerprint density at radius 1 is 1.00 bits per heavy atom. The number of hydrogen-bond donors (Lipinski definition) is 2. The molecule has 0 bridgehead atoms. The number of amidine groups is 1. The lowest BCUT2D eigenvalue weighted by molar-refractivity contribution is 0.0677. The number of fused-ring (bicyclic) bond motifs is 1. The van der Waals surface area contributed by atoms with E-state index in [0.717, 1.165) is 4.90 Å². The molecule has 1 aliphatic heterocycles. The second kappa shape index (κ2) is 8.52. The van der Waals surface area contributed by atoms with Crippen LogP contribution in [0, 0.1) is 0 Å². The number of hydrazone groups is 1. The van der Waals surface area contributed by atoms with E-state index in [1.165, 1.54) is 33.5 Å². The van der Waals surface area contributed by atoms with Crippen molar-refractivity contribution in [1.82, 2.24) is 10.3 Å². The molecule has 0 fully saturated rings. The second-order valence-corrected chi connectivity index (χ2v) is 6.20. The van der Waals surface area contributed by atoms with Crippen LogP contribution in [0.15, 0.2) is 41.5 Å². The van der Waals surface area contributed by atoms with Gasteiger partial charge in [0.1, 0.15) is 5.84 Å². The monoisotopic (exact) mass is 412 g/mol. The highest BCUT2D eigenvalue weighted by molar-refractivity contribution is 6.22. The summed E-state index contributed by atoms with van der Waals surface area (Å²) in [4.78, 5) is 38.2. The van der Waals surface area contributed by atoms with E-state index >= 15 is 0 Å². The molecule has 3 amide bonds. The predicted octanol–water partition coefficient (Wildman–Crippen LogP) is 1.01. The number of nitrogens with two attached hydrogens (primary N) is 1. The molecule has 0 atom stereocenters. The van der Waals surface area contributed by atoms with Gasteiger partial charge in [0.15, 0.2) is 11.5 Å². The number of carbonyl (C=O) groups is 3. The molecular formula is C20H20N4O6. The summed E-state index contributed by atoms with van der Waals surface area (Å²) in [5.74, 6) is -0.723. The SMILES string of the molecule is COc1cc(C(=O)N/N=C(/N)CN2C(=O)c3ccccc3C2=O)cc(OC)c1OC. The normalized spacial score (nSPS) is 13.2. The van der Waals surface area contributed by atoms with Crippen molar-refractivity contribution in [3.63, 3.8) is 0 Å². The van der Waals surface area contributed by atoms with Crippen LogP contribution < -0.4 is 25.4 Å². The Bertz CT molecular complexity index is 989. The maximum absolute atomic E-state index is 12.5. The van der Waals surface area contributed by atoms with Gasteiger partial charge in [-0.1, -0.05) is 12.1 Å². The van der Waals surface area contributed by atoms with Crippen molar-refractivity contribution in [1.29, 1.82) is 0 Å². The second-order valence-electron chi connectivity index (χ2n) is 6.20. The molecule has 30 heavy (non-hydrogen) atoms. The van der Waals surface area contributed by atoms with Gasteiger partial charge in [0.05, 0.1) is 39.0 Å². The zero-order valence-corrected chi connectivity index (χ0v) is 16.6. The van der Waals surface area contributed by atoms with E-state index in [0.29, 0.717) is 28.4 Å². The molecule has 3 rings (SSSR count). The molecule has 1 heterocycles. The molecule has 2 aromatic carbocycles. The van der Waals surface area contributed by atoms with Gasteiger partial charge in [-0.3, -0.25) is 19.3 Å². The first-order chi connectivity index (χ1) is 14.4. The summed E-state index contributed by atoms with van der Waals surface area (Å²) in [6, 6.07) is 9.37. The molecule has 10 nitrogen and oxygen atoms in total. The fourth-order valence-corrected chi connectivity index (χ4v) is 2.98. The lowest BCUT2D eigenvalue weighted by Crippen LogP contribution is -2.39. The molecule has 0 spiro atoms. The van der Waals surface area contributed by atoms with Crippen molar-refractivity contribution in [3.8, 4) is 17.2 Å². The number of hydrogen-bond acceptors (Lipinski definition) is 7. The minimum absolute atomic E-state index is 0.120. The van der Waals surface area contributed by atoms with Gasteiger partial charge in [-0.2, -0.15) is 5.10 Å². The molecule has 0 radical (unpaired) electrons. The van der Waals surface area contributed by atoms with Gasteiger partial charge in [0.2, 0.25) is 5.75 Å². The zero-order valence-electron chi connectivity index (χ0n) is 16.6. The van der Waals surface area contributed by atoms with Crippen molar-refractivity contribution < 1.29 is 28.6 Å². The number of imide groups is 1. The molecule has 0 aromatic heterocycles. The average molecular weight is 412 g/mol. The number of nitrogens with one attached hydrogen (secondary N) is 1. The first-order valence-electron chi connectivity index (χ1n) is 8.78. The van der Waals surface area contributed by atoms with E-state index in [9.17, 15) is 14.4 Å². The fraction of sp³-hybridized carbons (Fsp3) is 0.200. The Labute approximate surface area is 172 Å². The van der Waals surface area contributed by atoms with Crippen molar-refractivity contribution in [2.24, 2.45) is 10.8 Å². The van der Waals surface area contributed by atoms with E-state index in [-0.39, 0.29) is 17.9 Å². The van der Waals surface area contributed by atoms with Gasteiger partial charge in [-0.05, 0) is 24.3 Å². The highest BCUT2D eigenvalue weighted by atomic mass is 16.5. The molecule has 0 saturated heterocycles. The average Bonchev–Trinajstić information content (AvgIpc) is 3.01. The van der Waals surface area contributed by atoms with Crippen LogP contribution in [0.4, 0.5) is 0 Å². The van der Waals surface area contributed by atoms with Crippen LogP contribution in [0.1, 0.15) is 31.1 Å². The summed E-state index contributed by atoms with van der Waals surface area (Å²) in [6.07, 6.45) is 0. The Morgan fingerprint density at radius 3 is 2.00 bits per heavy atom. The summed E-state index contributed by atoms with van der Waals surface area (Å²) in [6.45, 7) is -0.262. The molecule has 2 aromatic rings. The predicted molar refractivity (Wildman–Crippen MR) is 107 cm³/mol. The topological polar surface area (TPSA) is 133 Å². The Hall–Kier alpha value is -4.08. The highest BCUT2D eigenvalue weighted by Gasteiger charge is 2.35. The number of rotatable bonds is 7. The smallest absolute Gasteiger partial charge is 0.271 e. The van der Waals surface area contributed by atoms with Crippen LogP contribution in [0.2, 0.25) is 0 Å². The first kappa shape index (κ1) is 20.6. The Balaban J connectivity index is 1.73. The fourth-order valence-electron chi connectivity index (χ4n) is 2.98. The van der Waals surface area contributed by atoms with E-state index < -0.39 is 17.7 Å². The van der Waals surface area contributed by atoms with Crippen LogP contribution in [0.5, 0.6) is 17.2 Å². The summed E-state index contributed by atoms with van der Waals surface area (Å²) in [5, 5.41) is 3.79. The van der Waals surface area contributed by atoms with E-state index in [1.54, 1.807) is 24.3 Å². The number of nitrogens with zero attached hydrogens (tertiary/aromatic N) is 2. The van der Waals surface area contributed by atoms with E-state index in [1.807, 2.05) is 0 Å². The van der Waals surface area contributed by atoms with Crippen LogP contribution in [-0.4, -0.2) is 56.3 Å². The van der Waals surface area contributed by atoms with Gasteiger partial charge in [-0.15, -0.1) is 0 Å². The summed E-state index contributed by atoms with van der Waals surface area (Å²) in [5.41, 5.74) is 8.89. The molecule has 3 N–H and O–H groups in total. The van der Waals surface area contributed by atoms with Gasteiger partial charge >= 0.3 is 0 Å². The molecule has 1 aliphatic rings. The first-order valence-corrected chi connectivity index (χ1v) is 8.78. The molecule has 156 valence electrons. The largest absolute Gasteiger partial charge is 0.493 e. The number of ether oxygens (including phenoxy) is 3. The third-order valence-corrected chi connectivity index (χ3v) is 4.43. The maximum atomic E-state index is 12.5. The van der Waals surface area contributed by atoms with Crippen LogP contribution >= 0.6 is 0 Å². The lowest BCUT2D eigenvalue weighted by Gasteiger charge is -2.14. The lowest BCUT2D eigenvalue weighted by atomic mass is 10.1. The number of benzene rings is 2. The van der Waals surface area contributed by atoms with Crippen molar-refractivity contribution >= 4 is 23.6 Å². The minimum Gasteiger partial charge on any atom is -0.493 e. The van der Waals surface area contributed by atoms with Crippen molar-refractivity contribution in [2.75, 3.05) is 27.9 Å². The van der Waals surface area contributed by atoms with Gasteiger partial charge < -0.3 is 19.9 Å². The summed E-state index contributed by atoms with van der Waals surface area (Å²) >= 11 is 0. The molecule has 0 aliphatic carbocycles. The van der Waals surface area contributed by atoms with Crippen LogP contribution in [0.25, 0.3) is 0 Å². The van der Waals surface area contributed by atoms with Crippen LogP contribution in [-0.2, 0) is 0 Å². The van der Waals surface area contributed by atoms with Gasteiger partial charge in [-0.25, -0.2) is 5.43 Å². The molecule has 10 heteroatoms. The molecule has 0 saturated carbocycles. The Kier molecular flexibility index (Phi) is 5.86. The third kappa shape index (κ3) is 3.75. The zero-order chi connectivity index (χ0) is 21.8. The minimum atomic E-state index is -0.598. The highest BCUT2D eigenvalue weighted by Crippen LogP contribution is 2.38. The number of amides is 3. The Morgan fingerprint density at radius 2 is 1.53 bits per heavy atom. The van der Waals surface area contributed by atoms with Crippen molar-refractivity contribution in [2.45, 2.75) is 0 Å². The number of carbonyl (C=O) groups excluding carboxylic acids is 3. The van der Waals surface area contributed by atoms with E-state index in [4.69, 9.17) is 19.9 Å².